The molecule has 0 aliphatic carbocycles. The van der Waals surface area contributed by atoms with E-state index in [0.29, 0.717) is 5.91 Å². The molecular weight excluding hydrogens is 356 g/mol. The lowest BCUT2D eigenvalue weighted by atomic mass is 9.96. The first-order chi connectivity index (χ1) is 13.1. The third-order valence-corrected chi connectivity index (χ3v) is 5.69. The Hall–Kier alpha value is -1.84. The van der Waals surface area contributed by atoms with Gasteiger partial charge in [-0.1, -0.05) is 74.3 Å². The number of halogens is 1. The Morgan fingerprint density at radius 1 is 0.963 bits per heavy atom. The Kier molecular flexibility index (Phi) is 6.92. The number of hydrogen-bond acceptors (Lipinski definition) is 2. The highest BCUT2D eigenvalue weighted by atomic mass is 35.5. The Labute approximate surface area is 167 Å². The first-order valence-corrected chi connectivity index (χ1v) is 10.3. The van der Waals surface area contributed by atoms with Gasteiger partial charge in [0.2, 0.25) is 5.91 Å². The lowest BCUT2D eigenvalue weighted by Crippen LogP contribution is -2.51. The third kappa shape index (κ3) is 4.91. The molecule has 0 unspecified atom stereocenters. The van der Waals surface area contributed by atoms with Gasteiger partial charge in [-0.2, -0.15) is 0 Å². The molecule has 0 N–H and O–H groups in total. The van der Waals surface area contributed by atoms with Crippen molar-refractivity contribution in [2.75, 3.05) is 26.2 Å². The summed E-state index contributed by atoms with van der Waals surface area (Å²) in [6.07, 6.45) is 2.02. The maximum absolute atomic E-state index is 12.6. The fourth-order valence-corrected chi connectivity index (χ4v) is 4.09. The van der Waals surface area contributed by atoms with Gasteiger partial charge < -0.3 is 4.90 Å². The Morgan fingerprint density at radius 2 is 1.56 bits per heavy atom. The van der Waals surface area contributed by atoms with Crippen LogP contribution in [-0.2, 0) is 4.79 Å². The summed E-state index contributed by atoms with van der Waals surface area (Å²) in [5.41, 5.74) is 2.52. The molecule has 1 aliphatic heterocycles. The second kappa shape index (κ2) is 9.38. The van der Waals surface area contributed by atoms with Crippen molar-refractivity contribution in [3.8, 4) is 0 Å². The van der Waals surface area contributed by atoms with Crippen LogP contribution in [0.3, 0.4) is 0 Å². The quantitative estimate of drug-likeness (QED) is 0.698. The third-order valence-electron chi connectivity index (χ3n) is 5.44. The van der Waals surface area contributed by atoms with Gasteiger partial charge in [0.15, 0.2) is 0 Å². The maximum atomic E-state index is 12.6. The van der Waals surface area contributed by atoms with Gasteiger partial charge in [0.1, 0.15) is 0 Å². The molecule has 1 heterocycles. The van der Waals surface area contributed by atoms with E-state index in [1.54, 1.807) is 0 Å². The largest absolute Gasteiger partial charge is 0.340 e. The van der Waals surface area contributed by atoms with Gasteiger partial charge in [-0.05, 0) is 29.7 Å². The summed E-state index contributed by atoms with van der Waals surface area (Å²) in [5, 5.41) is 0.755. The normalized spacial score (nSPS) is 17.5. The van der Waals surface area contributed by atoms with Crippen LogP contribution < -0.4 is 0 Å². The van der Waals surface area contributed by atoms with Crippen molar-refractivity contribution in [3.63, 3.8) is 0 Å². The second-order valence-electron chi connectivity index (χ2n) is 7.42. The van der Waals surface area contributed by atoms with Crippen molar-refractivity contribution in [2.45, 2.75) is 32.7 Å². The zero-order chi connectivity index (χ0) is 19.2. The standard InChI is InChI=1S/C23H29ClN2O/c1-3-7-18(2)23(27)26-16-14-25(15-17-26)22(19-8-5-4-6-9-19)20-10-12-21(24)13-11-20/h4-6,8-13,18,22H,3,7,14-17H2,1-2H3/t18-,22-/m0/s1. The number of carbonyl (C=O) groups excluding carboxylic acids is 1. The van der Waals surface area contributed by atoms with Crippen LogP contribution in [0.2, 0.25) is 5.02 Å². The molecule has 1 fully saturated rings. The number of carbonyl (C=O) groups is 1. The van der Waals surface area contributed by atoms with E-state index < -0.39 is 0 Å². The van der Waals surface area contributed by atoms with Gasteiger partial charge in [-0.25, -0.2) is 0 Å². The zero-order valence-corrected chi connectivity index (χ0v) is 17.0. The average Bonchev–Trinajstić information content (AvgIpc) is 2.71. The number of amides is 1. The molecule has 0 spiro atoms. The van der Waals surface area contributed by atoms with Crippen LogP contribution in [-0.4, -0.2) is 41.9 Å². The zero-order valence-electron chi connectivity index (χ0n) is 16.3. The molecule has 1 aliphatic rings. The van der Waals surface area contributed by atoms with Crippen molar-refractivity contribution in [2.24, 2.45) is 5.92 Å². The van der Waals surface area contributed by atoms with Crippen LogP contribution in [0.5, 0.6) is 0 Å². The number of hydrogen-bond donors (Lipinski definition) is 0. The molecule has 2 aromatic carbocycles. The van der Waals surface area contributed by atoms with Crippen molar-refractivity contribution in [1.29, 1.82) is 0 Å². The summed E-state index contributed by atoms with van der Waals surface area (Å²) in [7, 11) is 0. The highest BCUT2D eigenvalue weighted by molar-refractivity contribution is 6.30. The summed E-state index contributed by atoms with van der Waals surface area (Å²) in [5.74, 6) is 0.432. The molecule has 3 rings (SSSR count). The van der Waals surface area contributed by atoms with Crippen LogP contribution in [0.1, 0.15) is 43.9 Å². The molecule has 0 aromatic heterocycles. The fourth-order valence-electron chi connectivity index (χ4n) is 3.96. The number of nitrogens with zero attached hydrogens (tertiary/aromatic N) is 2. The van der Waals surface area contributed by atoms with Crippen LogP contribution in [0, 0.1) is 5.92 Å². The first kappa shape index (κ1) is 19.9. The maximum Gasteiger partial charge on any atom is 0.225 e. The minimum absolute atomic E-state index is 0.128. The molecule has 0 saturated carbocycles. The summed E-state index contributed by atoms with van der Waals surface area (Å²) in [4.78, 5) is 17.2. The predicted octanol–water partition coefficient (Wildman–Crippen LogP) is 5.01. The van der Waals surface area contributed by atoms with Gasteiger partial charge in [-0.3, -0.25) is 9.69 Å². The first-order valence-electron chi connectivity index (χ1n) is 9.93. The van der Waals surface area contributed by atoms with E-state index in [2.05, 4.69) is 55.1 Å². The number of benzene rings is 2. The molecule has 0 bridgehead atoms. The van der Waals surface area contributed by atoms with E-state index in [4.69, 9.17) is 11.6 Å². The molecule has 144 valence electrons. The van der Waals surface area contributed by atoms with E-state index in [1.807, 2.05) is 23.1 Å². The smallest absolute Gasteiger partial charge is 0.225 e. The highest BCUT2D eigenvalue weighted by Crippen LogP contribution is 2.30. The highest BCUT2D eigenvalue weighted by Gasteiger charge is 2.29. The monoisotopic (exact) mass is 384 g/mol. The van der Waals surface area contributed by atoms with E-state index in [1.165, 1.54) is 11.1 Å². The van der Waals surface area contributed by atoms with Gasteiger partial charge >= 0.3 is 0 Å². The topological polar surface area (TPSA) is 23.6 Å². The van der Waals surface area contributed by atoms with Crippen LogP contribution in [0.25, 0.3) is 0 Å². The fraction of sp³-hybridized carbons (Fsp3) is 0.435. The lowest BCUT2D eigenvalue weighted by Gasteiger charge is -2.40. The second-order valence-corrected chi connectivity index (χ2v) is 7.85. The average molecular weight is 385 g/mol. The Morgan fingerprint density at radius 3 is 2.15 bits per heavy atom. The minimum Gasteiger partial charge on any atom is -0.340 e. The SMILES string of the molecule is CCC[C@H](C)C(=O)N1CCN([C@@H](c2ccccc2)c2ccc(Cl)cc2)CC1. The molecule has 2 aromatic rings. The van der Waals surface area contributed by atoms with Gasteiger partial charge in [0.05, 0.1) is 6.04 Å². The van der Waals surface area contributed by atoms with Crippen LogP contribution in [0.4, 0.5) is 0 Å². The molecule has 4 heteroatoms. The van der Waals surface area contributed by atoms with Crippen molar-refractivity contribution in [1.82, 2.24) is 9.80 Å². The van der Waals surface area contributed by atoms with Crippen molar-refractivity contribution >= 4 is 17.5 Å². The minimum atomic E-state index is 0.128. The van der Waals surface area contributed by atoms with E-state index in [-0.39, 0.29) is 12.0 Å². The summed E-state index contributed by atoms with van der Waals surface area (Å²) in [6, 6.07) is 18.9. The van der Waals surface area contributed by atoms with E-state index in [9.17, 15) is 4.79 Å². The molecule has 1 saturated heterocycles. The Bertz CT molecular complexity index is 724. The van der Waals surface area contributed by atoms with Crippen LogP contribution >= 0.6 is 11.6 Å². The van der Waals surface area contributed by atoms with Gasteiger partial charge in [0, 0.05) is 37.1 Å². The molecule has 27 heavy (non-hydrogen) atoms. The number of piperazine rings is 1. The van der Waals surface area contributed by atoms with Crippen molar-refractivity contribution in [3.05, 3.63) is 70.7 Å². The van der Waals surface area contributed by atoms with Crippen molar-refractivity contribution < 1.29 is 4.79 Å². The van der Waals surface area contributed by atoms with Gasteiger partial charge in [0.25, 0.3) is 0 Å². The molecular formula is C23H29ClN2O. The van der Waals surface area contributed by atoms with Gasteiger partial charge in [-0.15, -0.1) is 0 Å². The summed E-state index contributed by atoms with van der Waals surface area (Å²) >= 11 is 6.10. The number of rotatable bonds is 6. The molecule has 1 amide bonds. The summed E-state index contributed by atoms with van der Waals surface area (Å²) < 4.78 is 0. The molecule has 2 atom stereocenters. The molecule has 3 nitrogen and oxygen atoms in total. The van der Waals surface area contributed by atoms with E-state index in [0.717, 1.165) is 44.0 Å². The lowest BCUT2D eigenvalue weighted by molar-refractivity contribution is -0.137. The summed E-state index contributed by atoms with van der Waals surface area (Å²) in [6.45, 7) is 7.55. The Balaban J connectivity index is 1.75. The van der Waals surface area contributed by atoms with E-state index >= 15 is 0 Å². The molecule has 0 radical (unpaired) electrons. The predicted molar refractivity (Wildman–Crippen MR) is 112 cm³/mol. The van der Waals surface area contributed by atoms with Crippen LogP contribution in [0.15, 0.2) is 54.6 Å².